The fraction of sp³-hybridized carbons (Fsp3) is 0.263. The van der Waals surface area contributed by atoms with Crippen molar-refractivity contribution in [2.75, 3.05) is 20.3 Å². The number of nitrogens with zero attached hydrogens (tertiary/aromatic N) is 1. The van der Waals surface area contributed by atoms with Crippen molar-refractivity contribution in [3.63, 3.8) is 0 Å². The third-order valence-corrected chi connectivity index (χ3v) is 3.45. The van der Waals surface area contributed by atoms with Gasteiger partial charge in [0.2, 0.25) is 0 Å². The first-order chi connectivity index (χ1) is 11.6. The summed E-state index contributed by atoms with van der Waals surface area (Å²) in [5.74, 6) is 1.47. The fourth-order valence-corrected chi connectivity index (χ4v) is 2.03. The lowest BCUT2D eigenvalue weighted by molar-refractivity contribution is -0.119. The van der Waals surface area contributed by atoms with E-state index in [1.54, 1.807) is 38.4 Å². The molecule has 0 aliphatic heterocycles. The molecule has 5 nitrogen and oxygen atoms in total. The first kappa shape index (κ1) is 17.5. The molecule has 2 aromatic rings. The van der Waals surface area contributed by atoms with Crippen LogP contribution in [0.3, 0.4) is 0 Å². The minimum Gasteiger partial charge on any atom is -0.508 e. The lowest BCUT2D eigenvalue weighted by atomic mass is 10.1. The van der Waals surface area contributed by atoms with E-state index in [2.05, 4.69) is 4.99 Å². The van der Waals surface area contributed by atoms with Gasteiger partial charge in [-0.15, -0.1) is 0 Å². The standard InChI is InChI=1S/C19H21NO4/c1-14-11-18(7-8-19(14)22)24-13-16(21)12-20-10-9-15-3-5-17(23-2)6-4-15/h3-8,10-11,22H,9,12-13H2,1-2H3. The number of carbonyl (C=O) groups excluding carboxylic acids is 1. The van der Waals surface area contributed by atoms with Crippen LogP contribution in [-0.2, 0) is 11.2 Å². The number of Topliss-reactive ketones (excluding diaryl/α,β-unsaturated/α-hetero) is 1. The van der Waals surface area contributed by atoms with Gasteiger partial charge in [0.15, 0.2) is 5.78 Å². The van der Waals surface area contributed by atoms with Crippen molar-refractivity contribution in [3.05, 3.63) is 53.6 Å². The van der Waals surface area contributed by atoms with E-state index in [0.717, 1.165) is 11.3 Å². The van der Waals surface area contributed by atoms with Crippen LogP contribution in [0.15, 0.2) is 47.5 Å². The van der Waals surface area contributed by atoms with E-state index in [4.69, 9.17) is 9.47 Å². The largest absolute Gasteiger partial charge is 0.508 e. The highest BCUT2D eigenvalue weighted by Crippen LogP contribution is 2.21. The Morgan fingerprint density at radius 1 is 1.17 bits per heavy atom. The highest BCUT2D eigenvalue weighted by atomic mass is 16.5. The van der Waals surface area contributed by atoms with Crippen LogP contribution in [0, 0.1) is 6.92 Å². The number of ketones is 1. The summed E-state index contributed by atoms with van der Waals surface area (Å²) < 4.78 is 10.5. The van der Waals surface area contributed by atoms with Crippen LogP contribution in [0.4, 0.5) is 0 Å². The molecule has 5 heteroatoms. The van der Waals surface area contributed by atoms with Crippen molar-refractivity contribution in [2.24, 2.45) is 4.99 Å². The average Bonchev–Trinajstić information content (AvgIpc) is 2.60. The zero-order valence-electron chi connectivity index (χ0n) is 13.9. The number of phenolic OH excluding ortho intramolecular Hbond substituents is 1. The first-order valence-corrected chi connectivity index (χ1v) is 7.64. The third kappa shape index (κ3) is 5.43. The maximum Gasteiger partial charge on any atom is 0.191 e. The molecular weight excluding hydrogens is 306 g/mol. The summed E-state index contributed by atoms with van der Waals surface area (Å²) in [5, 5.41) is 9.44. The molecule has 0 amide bonds. The van der Waals surface area contributed by atoms with E-state index >= 15 is 0 Å². The Hall–Kier alpha value is -2.82. The van der Waals surface area contributed by atoms with Crippen molar-refractivity contribution in [3.8, 4) is 17.2 Å². The van der Waals surface area contributed by atoms with Crippen molar-refractivity contribution < 1.29 is 19.4 Å². The number of hydrogen-bond acceptors (Lipinski definition) is 5. The van der Waals surface area contributed by atoms with Crippen LogP contribution in [-0.4, -0.2) is 37.4 Å². The van der Waals surface area contributed by atoms with Crippen LogP contribution >= 0.6 is 0 Å². The van der Waals surface area contributed by atoms with Gasteiger partial charge in [-0.1, -0.05) is 12.1 Å². The molecule has 0 saturated heterocycles. The van der Waals surface area contributed by atoms with Gasteiger partial charge in [0.25, 0.3) is 0 Å². The Morgan fingerprint density at radius 2 is 1.88 bits per heavy atom. The van der Waals surface area contributed by atoms with Gasteiger partial charge in [0.05, 0.1) is 7.11 Å². The number of aliphatic imine (C=N–C) groups is 1. The van der Waals surface area contributed by atoms with Gasteiger partial charge in [-0.3, -0.25) is 9.79 Å². The Balaban J connectivity index is 1.72. The van der Waals surface area contributed by atoms with E-state index < -0.39 is 0 Å². The molecule has 0 aliphatic carbocycles. The summed E-state index contributed by atoms with van der Waals surface area (Å²) in [6.07, 6.45) is 2.39. The maximum atomic E-state index is 11.8. The normalized spacial score (nSPS) is 10.8. The van der Waals surface area contributed by atoms with E-state index in [1.165, 1.54) is 0 Å². The molecule has 24 heavy (non-hydrogen) atoms. The molecule has 126 valence electrons. The van der Waals surface area contributed by atoms with Crippen LogP contribution in [0.25, 0.3) is 0 Å². The van der Waals surface area contributed by atoms with E-state index in [9.17, 15) is 9.90 Å². The predicted octanol–water partition coefficient (Wildman–Crippen LogP) is 2.97. The topological polar surface area (TPSA) is 68.1 Å². The fourth-order valence-electron chi connectivity index (χ4n) is 2.03. The minimum atomic E-state index is -0.105. The molecule has 2 aromatic carbocycles. The van der Waals surface area contributed by atoms with Crippen molar-refractivity contribution in [1.29, 1.82) is 0 Å². The van der Waals surface area contributed by atoms with Gasteiger partial charge >= 0.3 is 0 Å². The van der Waals surface area contributed by atoms with Gasteiger partial charge in [-0.05, 0) is 48.4 Å². The van der Waals surface area contributed by atoms with Crippen molar-refractivity contribution in [2.45, 2.75) is 13.3 Å². The van der Waals surface area contributed by atoms with Gasteiger partial charge in [-0.25, -0.2) is 0 Å². The predicted molar refractivity (Wildman–Crippen MR) is 93.4 cm³/mol. The quantitative estimate of drug-likeness (QED) is 0.757. The van der Waals surface area contributed by atoms with E-state index in [1.807, 2.05) is 24.3 Å². The Morgan fingerprint density at radius 3 is 2.54 bits per heavy atom. The number of hydrogen-bond donors (Lipinski definition) is 1. The van der Waals surface area contributed by atoms with E-state index in [0.29, 0.717) is 17.7 Å². The number of carbonyl (C=O) groups is 1. The number of rotatable bonds is 8. The number of phenols is 1. The van der Waals surface area contributed by atoms with Gasteiger partial charge in [0.1, 0.15) is 30.4 Å². The summed E-state index contributed by atoms with van der Waals surface area (Å²) in [7, 11) is 1.63. The lowest BCUT2D eigenvalue weighted by Gasteiger charge is -2.06. The minimum absolute atomic E-state index is 0.0376. The summed E-state index contributed by atoms with van der Waals surface area (Å²) in [4.78, 5) is 15.9. The molecule has 0 atom stereocenters. The summed E-state index contributed by atoms with van der Waals surface area (Å²) >= 11 is 0. The summed E-state index contributed by atoms with van der Waals surface area (Å²) in [5.41, 5.74) is 1.81. The zero-order chi connectivity index (χ0) is 17.4. The summed E-state index contributed by atoms with van der Waals surface area (Å²) in [6, 6.07) is 12.6. The Kier molecular flexibility index (Phi) is 6.37. The zero-order valence-corrected chi connectivity index (χ0v) is 13.9. The van der Waals surface area contributed by atoms with Crippen LogP contribution < -0.4 is 9.47 Å². The van der Waals surface area contributed by atoms with Crippen LogP contribution in [0.5, 0.6) is 17.2 Å². The Bertz CT molecular complexity index is 708. The van der Waals surface area contributed by atoms with Crippen molar-refractivity contribution in [1.82, 2.24) is 0 Å². The maximum absolute atomic E-state index is 11.8. The van der Waals surface area contributed by atoms with Crippen molar-refractivity contribution >= 4 is 12.0 Å². The van der Waals surface area contributed by atoms with E-state index in [-0.39, 0.29) is 24.7 Å². The van der Waals surface area contributed by atoms with Crippen LogP contribution in [0.1, 0.15) is 11.1 Å². The Labute approximate surface area is 141 Å². The molecule has 0 radical (unpaired) electrons. The van der Waals surface area contributed by atoms with Crippen LogP contribution in [0.2, 0.25) is 0 Å². The SMILES string of the molecule is COc1ccc(CC=NCC(=O)COc2ccc(O)c(C)c2)cc1. The molecule has 0 bridgehead atoms. The molecule has 0 spiro atoms. The smallest absolute Gasteiger partial charge is 0.191 e. The lowest BCUT2D eigenvalue weighted by Crippen LogP contribution is -2.14. The highest BCUT2D eigenvalue weighted by Gasteiger charge is 2.03. The first-order valence-electron chi connectivity index (χ1n) is 7.64. The second-order valence-corrected chi connectivity index (χ2v) is 5.35. The van der Waals surface area contributed by atoms with Gasteiger partial charge in [-0.2, -0.15) is 0 Å². The molecule has 0 aromatic heterocycles. The van der Waals surface area contributed by atoms with Gasteiger partial charge < -0.3 is 14.6 Å². The second-order valence-electron chi connectivity index (χ2n) is 5.35. The molecule has 0 unspecified atom stereocenters. The highest BCUT2D eigenvalue weighted by molar-refractivity contribution is 5.83. The average molecular weight is 327 g/mol. The second kappa shape index (κ2) is 8.72. The molecule has 0 saturated carbocycles. The number of ether oxygens (including phenoxy) is 2. The monoisotopic (exact) mass is 327 g/mol. The number of aromatic hydroxyl groups is 1. The number of methoxy groups -OCH3 is 1. The molecule has 1 N–H and O–H groups in total. The third-order valence-electron chi connectivity index (χ3n) is 3.45. The number of aryl methyl sites for hydroxylation is 1. The van der Waals surface area contributed by atoms with Gasteiger partial charge in [0, 0.05) is 12.6 Å². The summed E-state index contributed by atoms with van der Waals surface area (Å²) in [6.45, 7) is 1.82. The molecule has 0 aliphatic rings. The molecule has 0 heterocycles. The molecular formula is C19H21NO4. The molecule has 0 fully saturated rings. The molecule has 2 rings (SSSR count). The number of benzene rings is 2.